The second-order valence-corrected chi connectivity index (χ2v) is 1.27. The molecule has 2 heteroatoms. The average molecular weight is 101 g/mol. The third kappa shape index (κ3) is 5.92. The van der Waals surface area contributed by atoms with Gasteiger partial charge in [-0.05, 0) is 13.3 Å². The molecule has 0 saturated carbocycles. The molecule has 0 spiro atoms. The Labute approximate surface area is 44.7 Å². The first-order valence-electron chi connectivity index (χ1n) is 2.60. The van der Waals surface area contributed by atoms with E-state index in [1.165, 1.54) is 0 Å². The Morgan fingerprint density at radius 2 is 2.29 bits per heavy atom. The van der Waals surface area contributed by atoms with Crippen LogP contribution < -0.4 is 5.73 Å². The SMILES string of the molecule is CCOCCC[N]. The third-order valence-corrected chi connectivity index (χ3v) is 0.651. The summed E-state index contributed by atoms with van der Waals surface area (Å²) in [5.74, 6) is 0. The van der Waals surface area contributed by atoms with Gasteiger partial charge in [0, 0.05) is 19.8 Å². The van der Waals surface area contributed by atoms with E-state index in [1.807, 2.05) is 6.92 Å². The monoisotopic (exact) mass is 101 g/mol. The lowest BCUT2D eigenvalue weighted by molar-refractivity contribution is 0.146. The highest BCUT2D eigenvalue weighted by molar-refractivity contribution is 4.31. The van der Waals surface area contributed by atoms with Gasteiger partial charge in [0.1, 0.15) is 0 Å². The lowest BCUT2D eigenvalue weighted by Gasteiger charge is -1.93. The summed E-state index contributed by atoms with van der Waals surface area (Å²) in [6.45, 7) is 3.62. The van der Waals surface area contributed by atoms with Crippen molar-refractivity contribution in [3.8, 4) is 0 Å². The fourth-order valence-electron chi connectivity index (χ4n) is 0.311. The van der Waals surface area contributed by atoms with Gasteiger partial charge in [0.15, 0.2) is 0 Å². The third-order valence-electron chi connectivity index (χ3n) is 0.651. The minimum absolute atomic E-state index is 0.236. The summed E-state index contributed by atoms with van der Waals surface area (Å²) in [6.07, 6.45) is 0.758. The van der Waals surface area contributed by atoms with Crippen LogP contribution in [0.2, 0.25) is 0 Å². The molecule has 7 heavy (non-hydrogen) atoms. The summed E-state index contributed by atoms with van der Waals surface area (Å²) in [7, 11) is 0. The molecule has 0 aromatic carbocycles. The fourth-order valence-corrected chi connectivity index (χ4v) is 0.311. The van der Waals surface area contributed by atoms with E-state index in [0.29, 0.717) is 6.61 Å². The predicted molar refractivity (Wildman–Crippen MR) is 28.1 cm³/mol. The van der Waals surface area contributed by atoms with Gasteiger partial charge in [-0.3, -0.25) is 0 Å². The van der Waals surface area contributed by atoms with Crippen LogP contribution in [-0.2, 0) is 4.74 Å². The molecule has 0 aliphatic rings. The van der Waals surface area contributed by atoms with Gasteiger partial charge in [0.05, 0.1) is 0 Å². The predicted octanol–water partition coefficient (Wildman–Crippen LogP) is 0.482. The fraction of sp³-hybridized carbons (Fsp3) is 1.00. The summed E-state index contributed by atoms with van der Waals surface area (Å²) in [6, 6.07) is 0. The number of hydrogen-bond acceptors (Lipinski definition) is 1. The Morgan fingerprint density at radius 3 is 2.71 bits per heavy atom. The second kappa shape index (κ2) is 5.92. The first-order valence-corrected chi connectivity index (χ1v) is 2.60. The van der Waals surface area contributed by atoms with Crippen molar-refractivity contribution >= 4 is 0 Å². The Hall–Kier alpha value is -0.0800. The van der Waals surface area contributed by atoms with E-state index in [9.17, 15) is 0 Å². The molecule has 0 amide bonds. The van der Waals surface area contributed by atoms with Gasteiger partial charge in [-0.2, -0.15) is 0 Å². The van der Waals surface area contributed by atoms with Crippen LogP contribution in [0.25, 0.3) is 0 Å². The minimum Gasteiger partial charge on any atom is -0.382 e. The summed E-state index contributed by atoms with van der Waals surface area (Å²) >= 11 is 0. The van der Waals surface area contributed by atoms with E-state index in [4.69, 9.17) is 10.5 Å². The number of ether oxygens (including phenoxy) is 1. The van der Waals surface area contributed by atoms with Crippen LogP contribution in [0.4, 0.5) is 0 Å². The molecule has 42 valence electrons. The molecule has 0 atom stereocenters. The van der Waals surface area contributed by atoms with Crippen LogP contribution in [0.15, 0.2) is 0 Å². The Balaban J connectivity index is 2.45. The molecule has 2 nitrogen and oxygen atoms in total. The largest absolute Gasteiger partial charge is 0.382 e. The molecule has 2 radical (unpaired) electrons. The zero-order chi connectivity index (χ0) is 5.54. The second-order valence-electron chi connectivity index (χ2n) is 1.27. The van der Waals surface area contributed by atoms with Crippen molar-refractivity contribution in [2.45, 2.75) is 13.3 Å². The Kier molecular flexibility index (Phi) is 5.85. The van der Waals surface area contributed by atoms with Crippen molar-refractivity contribution in [2.24, 2.45) is 0 Å². The summed E-state index contributed by atoms with van der Waals surface area (Å²) in [5, 5.41) is 0. The maximum absolute atomic E-state index is 8.21. The topological polar surface area (TPSA) is 31.5 Å². The van der Waals surface area contributed by atoms with Crippen LogP contribution in [0.1, 0.15) is 13.3 Å². The molecule has 0 fully saturated rings. The highest BCUT2D eigenvalue weighted by Crippen LogP contribution is 1.76. The van der Waals surface area contributed by atoms with Crippen molar-refractivity contribution in [3.05, 3.63) is 0 Å². The van der Waals surface area contributed by atoms with E-state index in [1.54, 1.807) is 0 Å². The number of nitrogens with zero attached hydrogens (tertiary/aromatic N) is 1. The first kappa shape index (κ1) is 6.92. The van der Waals surface area contributed by atoms with Gasteiger partial charge in [0.2, 0.25) is 0 Å². The molecule has 0 heterocycles. The molecule has 0 aliphatic heterocycles. The molecule has 0 aliphatic carbocycles. The van der Waals surface area contributed by atoms with E-state index in [0.717, 1.165) is 13.0 Å². The normalized spacial score (nSPS) is 9.43. The van der Waals surface area contributed by atoms with Gasteiger partial charge >= 0.3 is 0 Å². The highest BCUT2D eigenvalue weighted by Gasteiger charge is 1.80. The first-order chi connectivity index (χ1) is 3.41. The quantitative estimate of drug-likeness (QED) is 0.474. The van der Waals surface area contributed by atoms with Crippen molar-refractivity contribution in [1.29, 1.82) is 0 Å². The molecule has 0 unspecified atom stereocenters. The average Bonchev–Trinajstić information content (AvgIpc) is 1.69. The lowest BCUT2D eigenvalue weighted by atomic mass is 10.5. The van der Waals surface area contributed by atoms with Crippen LogP contribution in [0, 0.1) is 0 Å². The van der Waals surface area contributed by atoms with Crippen molar-refractivity contribution in [3.63, 3.8) is 0 Å². The summed E-state index contributed by atoms with van der Waals surface area (Å²) in [4.78, 5) is 0. The van der Waals surface area contributed by atoms with Gasteiger partial charge in [-0.15, -0.1) is 5.73 Å². The molecule has 0 rings (SSSR count). The van der Waals surface area contributed by atoms with E-state index in [-0.39, 0.29) is 6.54 Å². The molecule has 0 saturated heterocycles. The van der Waals surface area contributed by atoms with Gasteiger partial charge in [-0.25, -0.2) is 0 Å². The molecular weight excluding hydrogens is 90.1 g/mol. The van der Waals surface area contributed by atoms with Gasteiger partial charge < -0.3 is 4.74 Å². The van der Waals surface area contributed by atoms with E-state index >= 15 is 0 Å². The summed E-state index contributed by atoms with van der Waals surface area (Å²) in [5.41, 5.74) is 8.21. The smallest absolute Gasteiger partial charge is 0.0479 e. The van der Waals surface area contributed by atoms with Crippen LogP contribution in [0.5, 0.6) is 0 Å². The molecule has 0 aromatic rings. The number of hydrogen-bond donors (Lipinski definition) is 0. The summed E-state index contributed by atoms with van der Waals surface area (Å²) < 4.78 is 4.91. The van der Waals surface area contributed by atoms with Gasteiger partial charge in [-0.1, -0.05) is 0 Å². The van der Waals surface area contributed by atoms with Crippen LogP contribution >= 0.6 is 0 Å². The zero-order valence-electron chi connectivity index (χ0n) is 4.68. The maximum atomic E-state index is 8.21. The Bertz CT molecular complexity index is 27.3. The van der Waals surface area contributed by atoms with E-state index < -0.39 is 0 Å². The minimum atomic E-state index is 0.236. The van der Waals surface area contributed by atoms with Crippen molar-refractivity contribution in [2.75, 3.05) is 19.8 Å². The molecule has 0 N–H and O–H groups in total. The van der Waals surface area contributed by atoms with Gasteiger partial charge in [0.25, 0.3) is 0 Å². The van der Waals surface area contributed by atoms with Crippen LogP contribution in [-0.4, -0.2) is 19.8 Å². The Morgan fingerprint density at radius 1 is 1.57 bits per heavy atom. The van der Waals surface area contributed by atoms with Crippen molar-refractivity contribution in [1.82, 2.24) is 5.73 Å². The maximum Gasteiger partial charge on any atom is 0.0479 e. The molecule has 0 aromatic heterocycles. The zero-order valence-corrected chi connectivity index (χ0v) is 4.68. The number of rotatable bonds is 4. The highest BCUT2D eigenvalue weighted by atomic mass is 16.5. The standard InChI is InChI=1S/C5H11NO/c1-2-7-5-3-4-6/h2-5H2,1H3. The van der Waals surface area contributed by atoms with E-state index in [2.05, 4.69) is 0 Å². The lowest BCUT2D eigenvalue weighted by Crippen LogP contribution is -1.96. The van der Waals surface area contributed by atoms with Crippen LogP contribution in [0.3, 0.4) is 0 Å². The molecular formula is C5H11NO. The van der Waals surface area contributed by atoms with Crippen molar-refractivity contribution < 1.29 is 4.74 Å². The molecule has 0 bridgehead atoms.